The number of allylic oxidation sites excluding steroid dienone is 3. The molecule has 2 aromatic carbocycles. The topological polar surface area (TPSA) is 26.3 Å². The van der Waals surface area contributed by atoms with Gasteiger partial charge in [0.1, 0.15) is 6.61 Å². The molecule has 0 aliphatic carbocycles. The third-order valence-electron chi connectivity index (χ3n) is 2.76. The van der Waals surface area contributed by atoms with Gasteiger partial charge >= 0.3 is 0 Å². The van der Waals surface area contributed by atoms with Crippen molar-refractivity contribution in [1.29, 1.82) is 0 Å². The number of ether oxygens (including phenoxy) is 1. The van der Waals surface area contributed by atoms with Crippen LogP contribution >= 0.6 is 11.6 Å². The molecule has 0 bridgehead atoms. The average molecular weight is 299 g/mol. The van der Waals surface area contributed by atoms with Crippen molar-refractivity contribution in [2.75, 3.05) is 0 Å². The zero-order chi connectivity index (χ0) is 14.9. The van der Waals surface area contributed by atoms with Gasteiger partial charge in [0, 0.05) is 10.6 Å². The standard InChI is InChI=1S/C18H15ClO2/c19-17-11-9-16(10-12-17)18(20)8-4-5-13-21-14-15-6-2-1-3-7-15/h1-13H,14H2/b8-4+,13-5+. The summed E-state index contributed by atoms with van der Waals surface area (Å²) in [5.74, 6) is -0.0700. The molecule has 0 aliphatic heterocycles. The van der Waals surface area contributed by atoms with E-state index in [4.69, 9.17) is 16.3 Å². The van der Waals surface area contributed by atoms with E-state index in [-0.39, 0.29) is 5.78 Å². The molecule has 0 saturated heterocycles. The first kappa shape index (κ1) is 15.1. The normalized spacial score (nSPS) is 11.1. The lowest BCUT2D eigenvalue weighted by molar-refractivity contribution is 0.104. The number of benzene rings is 2. The smallest absolute Gasteiger partial charge is 0.185 e. The Hall–Kier alpha value is -2.32. The second-order valence-electron chi connectivity index (χ2n) is 4.36. The summed E-state index contributed by atoms with van der Waals surface area (Å²) >= 11 is 5.77. The molecule has 0 fully saturated rings. The third-order valence-corrected chi connectivity index (χ3v) is 3.01. The molecule has 0 aliphatic rings. The largest absolute Gasteiger partial charge is 0.497 e. The highest BCUT2D eigenvalue weighted by Gasteiger charge is 1.99. The lowest BCUT2D eigenvalue weighted by atomic mass is 10.1. The molecule has 0 atom stereocenters. The van der Waals surface area contributed by atoms with Gasteiger partial charge in [0.2, 0.25) is 0 Å². The number of carbonyl (C=O) groups is 1. The molecule has 0 saturated carbocycles. The van der Waals surface area contributed by atoms with E-state index in [1.54, 1.807) is 42.7 Å². The quantitative estimate of drug-likeness (QED) is 0.331. The molecule has 0 spiro atoms. The first-order valence-electron chi connectivity index (χ1n) is 6.54. The van der Waals surface area contributed by atoms with Gasteiger partial charge in [-0.2, -0.15) is 0 Å². The van der Waals surface area contributed by atoms with Gasteiger partial charge in [-0.05, 0) is 42.0 Å². The molecule has 2 nitrogen and oxygen atoms in total. The second kappa shape index (κ2) is 8.08. The van der Waals surface area contributed by atoms with E-state index in [2.05, 4.69) is 0 Å². The highest BCUT2D eigenvalue weighted by molar-refractivity contribution is 6.30. The molecule has 0 radical (unpaired) electrons. The van der Waals surface area contributed by atoms with Crippen LogP contribution in [0.1, 0.15) is 15.9 Å². The monoisotopic (exact) mass is 298 g/mol. The van der Waals surface area contributed by atoms with Crippen LogP contribution in [0.3, 0.4) is 0 Å². The molecular weight excluding hydrogens is 284 g/mol. The Bertz CT molecular complexity index is 628. The molecule has 0 unspecified atom stereocenters. The zero-order valence-corrected chi connectivity index (χ0v) is 12.2. The van der Waals surface area contributed by atoms with E-state index in [0.29, 0.717) is 17.2 Å². The summed E-state index contributed by atoms with van der Waals surface area (Å²) in [4.78, 5) is 11.8. The minimum Gasteiger partial charge on any atom is -0.497 e. The lowest BCUT2D eigenvalue weighted by Crippen LogP contribution is -1.92. The maximum absolute atomic E-state index is 11.8. The first-order chi connectivity index (χ1) is 10.3. The van der Waals surface area contributed by atoms with Gasteiger partial charge in [-0.1, -0.05) is 48.0 Å². The Labute approximate surface area is 129 Å². The van der Waals surface area contributed by atoms with Gasteiger partial charge < -0.3 is 4.74 Å². The average Bonchev–Trinajstić information content (AvgIpc) is 2.52. The van der Waals surface area contributed by atoms with Crippen molar-refractivity contribution in [2.45, 2.75) is 6.61 Å². The first-order valence-corrected chi connectivity index (χ1v) is 6.92. The van der Waals surface area contributed by atoms with Gasteiger partial charge in [-0.3, -0.25) is 4.79 Å². The van der Waals surface area contributed by atoms with Gasteiger partial charge in [0.25, 0.3) is 0 Å². The van der Waals surface area contributed by atoms with Crippen molar-refractivity contribution in [3.63, 3.8) is 0 Å². The number of carbonyl (C=O) groups excluding carboxylic acids is 1. The molecule has 2 rings (SSSR count). The summed E-state index contributed by atoms with van der Waals surface area (Å²) in [5, 5.41) is 0.615. The Morgan fingerprint density at radius 1 is 1.00 bits per heavy atom. The predicted molar refractivity (Wildman–Crippen MR) is 85.3 cm³/mol. The molecule has 3 heteroatoms. The highest BCUT2D eigenvalue weighted by Crippen LogP contribution is 2.10. The van der Waals surface area contributed by atoms with Crippen molar-refractivity contribution >= 4 is 17.4 Å². The summed E-state index contributed by atoms with van der Waals surface area (Å²) in [6.45, 7) is 0.510. The zero-order valence-electron chi connectivity index (χ0n) is 11.4. The van der Waals surface area contributed by atoms with Crippen LogP contribution in [0, 0.1) is 0 Å². The number of rotatable bonds is 6. The molecule has 0 heterocycles. The summed E-state index contributed by atoms with van der Waals surface area (Å²) in [5.41, 5.74) is 1.71. The van der Waals surface area contributed by atoms with E-state index in [9.17, 15) is 4.79 Å². The molecule has 0 aromatic heterocycles. The highest BCUT2D eigenvalue weighted by atomic mass is 35.5. The van der Waals surface area contributed by atoms with Gasteiger partial charge in [0.15, 0.2) is 5.78 Å². The number of halogens is 1. The van der Waals surface area contributed by atoms with Gasteiger partial charge in [-0.15, -0.1) is 0 Å². The number of hydrogen-bond donors (Lipinski definition) is 0. The van der Waals surface area contributed by atoms with E-state index in [0.717, 1.165) is 5.56 Å². The lowest BCUT2D eigenvalue weighted by Gasteiger charge is -1.99. The van der Waals surface area contributed by atoms with Crippen LogP contribution in [0.4, 0.5) is 0 Å². The Morgan fingerprint density at radius 2 is 1.71 bits per heavy atom. The van der Waals surface area contributed by atoms with E-state index < -0.39 is 0 Å². The third kappa shape index (κ3) is 5.28. The van der Waals surface area contributed by atoms with Crippen LogP contribution in [0.5, 0.6) is 0 Å². The summed E-state index contributed by atoms with van der Waals surface area (Å²) in [6.07, 6.45) is 6.41. The molecule has 2 aromatic rings. The number of ketones is 1. The van der Waals surface area contributed by atoms with Crippen LogP contribution < -0.4 is 0 Å². The fourth-order valence-electron chi connectivity index (χ4n) is 1.67. The van der Waals surface area contributed by atoms with Crippen molar-refractivity contribution in [3.05, 3.63) is 95.2 Å². The SMILES string of the molecule is O=C(/C=C/C=C/OCc1ccccc1)c1ccc(Cl)cc1. The Balaban J connectivity index is 1.78. The molecular formula is C18H15ClO2. The van der Waals surface area contributed by atoms with Gasteiger partial charge in [0.05, 0.1) is 6.26 Å². The molecule has 0 amide bonds. The van der Waals surface area contributed by atoms with Crippen LogP contribution in [0.15, 0.2) is 79.1 Å². The van der Waals surface area contributed by atoms with Crippen molar-refractivity contribution in [1.82, 2.24) is 0 Å². The Morgan fingerprint density at radius 3 is 2.43 bits per heavy atom. The van der Waals surface area contributed by atoms with Crippen LogP contribution in [0.25, 0.3) is 0 Å². The van der Waals surface area contributed by atoms with Crippen LogP contribution in [0.2, 0.25) is 5.02 Å². The van der Waals surface area contributed by atoms with Gasteiger partial charge in [-0.25, -0.2) is 0 Å². The molecule has 0 N–H and O–H groups in total. The van der Waals surface area contributed by atoms with Crippen LogP contribution in [-0.4, -0.2) is 5.78 Å². The summed E-state index contributed by atoms with van der Waals surface area (Å²) in [6, 6.07) is 16.7. The maximum atomic E-state index is 11.8. The van der Waals surface area contributed by atoms with E-state index >= 15 is 0 Å². The van der Waals surface area contributed by atoms with Crippen molar-refractivity contribution in [3.8, 4) is 0 Å². The fourth-order valence-corrected chi connectivity index (χ4v) is 1.80. The summed E-state index contributed by atoms with van der Waals surface area (Å²) in [7, 11) is 0. The predicted octanol–water partition coefficient (Wildman–Crippen LogP) is 4.81. The Kier molecular flexibility index (Phi) is 5.80. The minimum atomic E-state index is -0.0700. The summed E-state index contributed by atoms with van der Waals surface area (Å²) < 4.78 is 5.36. The fraction of sp³-hybridized carbons (Fsp3) is 0.0556. The number of hydrogen-bond acceptors (Lipinski definition) is 2. The van der Waals surface area contributed by atoms with Crippen molar-refractivity contribution < 1.29 is 9.53 Å². The van der Waals surface area contributed by atoms with Crippen LogP contribution in [-0.2, 0) is 11.3 Å². The minimum absolute atomic E-state index is 0.0700. The maximum Gasteiger partial charge on any atom is 0.185 e. The van der Waals surface area contributed by atoms with Crippen molar-refractivity contribution in [2.24, 2.45) is 0 Å². The second-order valence-corrected chi connectivity index (χ2v) is 4.79. The van der Waals surface area contributed by atoms with E-state index in [1.165, 1.54) is 6.08 Å². The molecule has 106 valence electrons. The molecule has 21 heavy (non-hydrogen) atoms. The van der Waals surface area contributed by atoms with E-state index in [1.807, 2.05) is 30.3 Å².